The molecular formula is C12H28NZr+. The molecule has 0 radical (unpaired) electrons. The van der Waals surface area contributed by atoms with Gasteiger partial charge in [-0.05, 0) is 26.7 Å². The molecule has 0 amide bonds. The number of hydrogen-bond acceptors (Lipinski definition) is 0. The predicted octanol–water partition coefficient (Wildman–Crippen LogP) is 3.44. The van der Waals surface area contributed by atoms with E-state index in [4.69, 9.17) is 0 Å². The van der Waals surface area contributed by atoms with Crippen molar-refractivity contribution in [2.24, 2.45) is 0 Å². The van der Waals surface area contributed by atoms with Crippen molar-refractivity contribution in [1.82, 2.24) is 0 Å². The Balaban J connectivity index is 0. The van der Waals surface area contributed by atoms with E-state index in [-0.39, 0.29) is 26.2 Å². The van der Waals surface area contributed by atoms with Gasteiger partial charge in [-0.2, -0.15) is 0 Å². The Morgan fingerprint density at radius 1 is 0.714 bits per heavy atom. The molecule has 0 atom stereocenters. The summed E-state index contributed by atoms with van der Waals surface area (Å²) in [5.74, 6) is 0. The molecule has 84 valence electrons. The second-order valence-electron chi connectivity index (χ2n) is 4.13. The van der Waals surface area contributed by atoms with E-state index in [0.717, 1.165) is 0 Å². The smallest absolute Gasteiger partial charge is 0.0786 e. The zero-order valence-electron chi connectivity index (χ0n) is 10.6. The average molecular weight is 278 g/mol. The van der Waals surface area contributed by atoms with Crippen LogP contribution in [0.2, 0.25) is 0 Å². The van der Waals surface area contributed by atoms with Crippen LogP contribution in [0, 0.1) is 0 Å². The molecule has 0 aliphatic rings. The van der Waals surface area contributed by atoms with Gasteiger partial charge in [0.1, 0.15) is 0 Å². The number of quaternary nitrogens is 1. The molecule has 0 aliphatic heterocycles. The predicted molar refractivity (Wildman–Crippen MR) is 60.9 cm³/mol. The van der Waals surface area contributed by atoms with Crippen molar-refractivity contribution in [3.63, 3.8) is 0 Å². The molecule has 14 heavy (non-hydrogen) atoms. The van der Waals surface area contributed by atoms with Crippen LogP contribution in [0.1, 0.15) is 53.4 Å². The summed E-state index contributed by atoms with van der Waals surface area (Å²) in [4.78, 5) is 0. The van der Waals surface area contributed by atoms with Crippen LogP contribution in [0.5, 0.6) is 0 Å². The molecule has 0 heterocycles. The van der Waals surface area contributed by atoms with Crippen LogP contribution >= 0.6 is 0 Å². The fourth-order valence-corrected chi connectivity index (χ4v) is 1.95. The molecule has 0 bridgehead atoms. The van der Waals surface area contributed by atoms with Crippen molar-refractivity contribution in [1.29, 1.82) is 0 Å². The fourth-order valence-electron chi connectivity index (χ4n) is 1.95. The number of hydrogen-bond donors (Lipinski definition) is 0. The first-order valence-corrected chi connectivity index (χ1v) is 6.09. The Hall–Kier alpha value is 0.843. The number of nitrogens with zero attached hydrogens (tertiary/aromatic N) is 1. The van der Waals surface area contributed by atoms with Crippen molar-refractivity contribution >= 4 is 0 Å². The van der Waals surface area contributed by atoms with Crippen LogP contribution < -0.4 is 0 Å². The SMILES string of the molecule is CCCC[N+](CC)(CC)CCCC.[Zr]. The van der Waals surface area contributed by atoms with E-state index in [2.05, 4.69) is 27.7 Å². The summed E-state index contributed by atoms with van der Waals surface area (Å²) < 4.78 is 1.35. The van der Waals surface area contributed by atoms with Crippen molar-refractivity contribution in [2.75, 3.05) is 26.2 Å². The molecule has 0 unspecified atom stereocenters. The van der Waals surface area contributed by atoms with E-state index in [1.807, 2.05) is 0 Å². The minimum absolute atomic E-state index is 0. The van der Waals surface area contributed by atoms with Crippen molar-refractivity contribution in [3.8, 4) is 0 Å². The second kappa shape index (κ2) is 10.4. The molecule has 0 aromatic carbocycles. The summed E-state index contributed by atoms with van der Waals surface area (Å²) in [5.41, 5.74) is 0. The van der Waals surface area contributed by atoms with Crippen molar-refractivity contribution in [3.05, 3.63) is 0 Å². The summed E-state index contributed by atoms with van der Waals surface area (Å²) in [6, 6.07) is 0. The topological polar surface area (TPSA) is 0 Å². The zero-order valence-corrected chi connectivity index (χ0v) is 13.1. The summed E-state index contributed by atoms with van der Waals surface area (Å²) in [5, 5.41) is 0. The Kier molecular flexibility index (Phi) is 12.8. The van der Waals surface area contributed by atoms with E-state index >= 15 is 0 Å². The Bertz CT molecular complexity index is 101. The molecule has 0 N–H and O–H groups in total. The third-order valence-corrected chi connectivity index (χ3v) is 3.31. The molecular weight excluding hydrogens is 249 g/mol. The van der Waals surface area contributed by atoms with Gasteiger partial charge in [0.05, 0.1) is 26.2 Å². The Morgan fingerprint density at radius 2 is 1.07 bits per heavy atom. The zero-order chi connectivity index (χ0) is 10.2. The summed E-state index contributed by atoms with van der Waals surface area (Å²) in [7, 11) is 0. The minimum Gasteiger partial charge on any atom is -0.324 e. The van der Waals surface area contributed by atoms with Gasteiger partial charge in [-0.1, -0.05) is 26.7 Å². The van der Waals surface area contributed by atoms with Crippen molar-refractivity contribution < 1.29 is 30.7 Å². The fraction of sp³-hybridized carbons (Fsp3) is 1.00. The van der Waals surface area contributed by atoms with Crippen LogP contribution in [0.3, 0.4) is 0 Å². The number of unbranched alkanes of at least 4 members (excludes halogenated alkanes) is 2. The van der Waals surface area contributed by atoms with Crippen LogP contribution in [0.25, 0.3) is 0 Å². The van der Waals surface area contributed by atoms with Gasteiger partial charge in [-0.3, -0.25) is 0 Å². The van der Waals surface area contributed by atoms with E-state index < -0.39 is 0 Å². The van der Waals surface area contributed by atoms with E-state index in [1.165, 1.54) is 56.3 Å². The molecule has 0 saturated heterocycles. The second-order valence-corrected chi connectivity index (χ2v) is 4.13. The van der Waals surface area contributed by atoms with Gasteiger partial charge in [-0.15, -0.1) is 0 Å². The summed E-state index contributed by atoms with van der Waals surface area (Å²) in [6.45, 7) is 14.7. The Labute approximate surface area is 110 Å². The first kappa shape index (κ1) is 17.2. The molecule has 0 aromatic heterocycles. The van der Waals surface area contributed by atoms with Crippen LogP contribution in [0.4, 0.5) is 0 Å². The third kappa shape index (κ3) is 6.35. The average Bonchev–Trinajstić information content (AvgIpc) is 2.20. The monoisotopic (exact) mass is 276 g/mol. The largest absolute Gasteiger partial charge is 0.324 e. The normalized spacial score (nSPS) is 11.1. The van der Waals surface area contributed by atoms with Crippen LogP contribution in [0.15, 0.2) is 0 Å². The first-order chi connectivity index (χ1) is 6.24. The molecule has 0 rings (SSSR count). The molecule has 0 spiro atoms. The maximum absolute atomic E-state index is 2.34. The van der Waals surface area contributed by atoms with Gasteiger partial charge in [0, 0.05) is 26.2 Å². The summed E-state index contributed by atoms with van der Waals surface area (Å²) in [6.07, 6.45) is 5.47. The molecule has 0 aromatic rings. The Morgan fingerprint density at radius 3 is 1.29 bits per heavy atom. The van der Waals surface area contributed by atoms with Gasteiger partial charge in [-0.25, -0.2) is 0 Å². The maximum atomic E-state index is 2.34. The molecule has 1 nitrogen and oxygen atoms in total. The van der Waals surface area contributed by atoms with Gasteiger partial charge in [0.25, 0.3) is 0 Å². The van der Waals surface area contributed by atoms with E-state index in [0.29, 0.717) is 0 Å². The first-order valence-electron chi connectivity index (χ1n) is 6.09. The van der Waals surface area contributed by atoms with Gasteiger partial charge >= 0.3 is 0 Å². The number of rotatable bonds is 8. The van der Waals surface area contributed by atoms with Crippen LogP contribution in [-0.4, -0.2) is 30.7 Å². The van der Waals surface area contributed by atoms with Crippen molar-refractivity contribution in [2.45, 2.75) is 53.4 Å². The van der Waals surface area contributed by atoms with Crippen LogP contribution in [-0.2, 0) is 26.2 Å². The molecule has 2 heteroatoms. The quantitative estimate of drug-likeness (QED) is 0.596. The van der Waals surface area contributed by atoms with Gasteiger partial charge in [0.15, 0.2) is 0 Å². The van der Waals surface area contributed by atoms with Gasteiger partial charge < -0.3 is 4.48 Å². The molecule has 0 fully saturated rings. The van der Waals surface area contributed by atoms with Gasteiger partial charge in [0.2, 0.25) is 0 Å². The maximum Gasteiger partial charge on any atom is 0.0786 e. The minimum atomic E-state index is 0. The molecule has 0 saturated carbocycles. The standard InChI is InChI=1S/C12H28N.Zr/c1-5-9-11-13(7-3,8-4)12-10-6-2;/h5-12H2,1-4H3;/q+1;. The third-order valence-electron chi connectivity index (χ3n) is 3.31. The molecule has 0 aliphatic carbocycles. The van der Waals surface area contributed by atoms with E-state index in [1.54, 1.807) is 0 Å². The summed E-state index contributed by atoms with van der Waals surface area (Å²) >= 11 is 0. The van der Waals surface area contributed by atoms with E-state index in [9.17, 15) is 0 Å².